The summed E-state index contributed by atoms with van der Waals surface area (Å²) in [5.41, 5.74) is 8.03. The lowest BCUT2D eigenvalue weighted by Gasteiger charge is -2.17. The van der Waals surface area contributed by atoms with Gasteiger partial charge in [0.25, 0.3) is 0 Å². The van der Waals surface area contributed by atoms with E-state index in [4.69, 9.17) is 5.73 Å². The SMILES string of the molecule is CN(Cc1csc(Br)c1)Cc1cccc(F)c1N. The number of nitrogens with two attached hydrogens (primary N) is 1. The molecular formula is C13H14BrFN2S. The minimum Gasteiger partial charge on any atom is -0.396 e. The second-order valence-corrected chi connectivity index (χ2v) is 6.53. The topological polar surface area (TPSA) is 29.3 Å². The van der Waals surface area contributed by atoms with Crippen molar-refractivity contribution in [3.8, 4) is 0 Å². The molecule has 0 aliphatic carbocycles. The smallest absolute Gasteiger partial charge is 0.146 e. The summed E-state index contributed by atoms with van der Waals surface area (Å²) in [6, 6.07) is 7.03. The first-order valence-corrected chi connectivity index (χ1v) is 7.18. The Hall–Kier alpha value is -0.910. The highest BCUT2D eigenvalue weighted by atomic mass is 79.9. The van der Waals surface area contributed by atoms with Crippen LogP contribution >= 0.6 is 27.3 Å². The normalized spacial score (nSPS) is 11.1. The van der Waals surface area contributed by atoms with E-state index in [1.54, 1.807) is 17.4 Å². The molecule has 96 valence electrons. The van der Waals surface area contributed by atoms with Gasteiger partial charge in [0.05, 0.1) is 9.47 Å². The second kappa shape index (κ2) is 5.82. The zero-order valence-electron chi connectivity index (χ0n) is 9.99. The Bertz CT molecular complexity index is 542. The van der Waals surface area contributed by atoms with E-state index < -0.39 is 0 Å². The first-order valence-electron chi connectivity index (χ1n) is 5.50. The van der Waals surface area contributed by atoms with Gasteiger partial charge in [-0.1, -0.05) is 12.1 Å². The van der Waals surface area contributed by atoms with Gasteiger partial charge in [-0.15, -0.1) is 11.3 Å². The molecule has 0 fully saturated rings. The van der Waals surface area contributed by atoms with Gasteiger partial charge in [-0.2, -0.15) is 0 Å². The molecule has 2 nitrogen and oxygen atoms in total. The van der Waals surface area contributed by atoms with Crippen LogP contribution in [0.1, 0.15) is 11.1 Å². The van der Waals surface area contributed by atoms with Crippen molar-refractivity contribution in [2.24, 2.45) is 0 Å². The van der Waals surface area contributed by atoms with Gasteiger partial charge in [0.15, 0.2) is 0 Å². The maximum absolute atomic E-state index is 13.3. The summed E-state index contributed by atoms with van der Waals surface area (Å²) < 4.78 is 14.4. The first kappa shape index (κ1) is 13.5. The molecule has 2 rings (SSSR count). The maximum Gasteiger partial charge on any atom is 0.146 e. The van der Waals surface area contributed by atoms with Gasteiger partial charge >= 0.3 is 0 Å². The maximum atomic E-state index is 13.3. The molecule has 1 heterocycles. The number of nitrogens with zero attached hydrogens (tertiary/aromatic N) is 1. The standard InChI is InChI=1S/C13H14BrFN2S/c1-17(6-9-5-12(14)18-8-9)7-10-3-2-4-11(15)13(10)16/h2-5,8H,6-7,16H2,1H3. The van der Waals surface area contributed by atoms with E-state index in [1.807, 2.05) is 13.1 Å². The van der Waals surface area contributed by atoms with Gasteiger partial charge in [0, 0.05) is 13.1 Å². The van der Waals surface area contributed by atoms with Crippen molar-refractivity contribution in [1.82, 2.24) is 4.90 Å². The number of nitrogen functional groups attached to an aromatic ring is 1. The zero-order valence-corrected chi connectivity index (χ0v) is 12.4. The molecule has 2 aromatic rings. The average Bonchev–Trinajstić information content (AvgIpc) is 2.70. The lowest BCUT2D eigenvalue weighted by atomic mass is 10.1. The van der Waals surface area contributed by atoms with Crippen LogP contribution in [0, 0.1) is 5.82 Å². The molecule has 0 radical (unpaired) electrons. The van der Waals surface area contributed by atoms with E-state index in [-0.39, 0.29) is 11.5 Å². The number of rotatable bonds is 4. The molecule has 0 aliphatic heterocycles. The number of para-hydroxylation sites is 1. The van der Waals surface area contributed by atoms with E-state index >= 15 is 0 Å². The Morgan fingerprint density at radius 3 is 2.83 bits per heavy atom. The molecule has 0 atom stereocenters. The van der Waals surface area contributed by atoms with Gasteiger partial charge in [-0.3, -0.25) is 4.90 Å². The molecule has 0 bridgehead atoms. The van der Waals surface area contributed by atoms with Crippen molar-refractivity contribution in [1.29, 1.82) is 0 Å². The molecule has 0 saturated carbocycles. The fraction of sp³-hybridized carbons (Fsp3) is 0.231. The second-order valence-electron chi connectivity index (χ2n) is 4.24. The molecular weight excluding hydrogens is 315 g/mol. The zero-order chi connectivity index (χ0) is 13.1. The fourth-order valence-corrected chi connectivity index (χ4v) is 3.01. The highest BCUT2D eigenvalue weighted by Crippen LogP contribution is 2.23. The number of hydrogen-bond donors (Lipinski definition) is 1. The lowest BCUT2D eigenvalue weighted by molar-refractivity contribution is 0.319. The van der Waals surface area contributed by atoms with Gasteiger partial charge in [-0.05, 0) is 51.6 Å². The van der Waals surface area contributed by atoms with Crippen molar-refractivity contribution in [3.05, 3.63) is 50.4 Å². The molecule has 0 amide bonds. The Labute approximate surface area is 118 Å². The Balaban J connectivity index is 2.03. The van der Waals surface area contributed by atoms with Crippen LogP contribution in [0.3, 0.4) is 0 Å². The summed E-state index contributed by atoms with van der Waals surface area (Å²) in [7, 11) is 2.00. The molecule has 1 aromatic carbocycles. The van der Waals surface area contributed by atoms with Crippen molar-refractivity contribution in [3.63, 3.8) is 0 Å². The van der Waals surface area contributed by atoms with Crippen LogP contribution in [0.15, 0.2) is 33.4 Å². The lowest BCUT2D eigenvalue weighted by Crippen LogP contribution is -2.18. The third-order valence-electron chi connectivity index (χ3n) is 2.66. The van der Waals surface area contributed by atoms with Gasteiger partial charge in [0.1, 0.15) is 5.82 Å². The third kappa shape index (κ3) is 3.31. The summed E-state index contributed by atoms with van der Waals surface area (Å²) in [6.07, 6.45) is 0. The van der Waals surface area contributed by atoms with Crippen LogP contribution in [0.25, 0.3) is 0 Å². The van der Waals surface area contributed by atoms with E-state index in [2.05, 4.69) is 32.3 Å². The number of thiophene rings is 1. The third-order valence-corrected chi connectivity index (χ3v) is 4.21. The largest absolute Gasteiger partial charge is 0.396 e. The Morgan fingerprint density at radius 1 is 1.39 bits per heavy atom. The Kier molecular flexibility index (Phi) is 4.37. The van der Waals surface area contributed by atoms with Crippen LogP contribution in [-0.2, 0) is 13.1 Å². The molecule has 2 N–H and O–H groups in total. The fourth-order valence-electron chi connectivity index (χ4n) is 1.81. The molecule has 1 aromatic heterocycles. The van der Waals surface area contributed by atoms with Crippen LogP contribution in [0.4, 0.5) is 10.1 Å². The molecule has 0 unspecified atom stereocenters. The van der Waals surface area contributed by atoms with Crippen molar-refractivity contribution in [2.45, 2.75) is 13.1 Å². The van der Waals surface area contributed by atoms with Gasteiger partial charge in [0.2, 0.25) is 0 Å². The number of halogens is 2. The minimum atomic E-state index is -0.348. The summed E-state index contributed by atoms with van der Waals surface area (Å²) in [6.45, 7) is 1.45. The molecule has 5 heteroatoms. The molecule has 0 spiro atoms. The highest BCUT2D eigenvalue weighted by molar-refractivity contribution is 9.11. The van der Waals surface area contributed by atoms with E-state index in [0.29, 0.717) is 6.54 Å². The quantitative estimate of drug-likeness (QED) is 0.863. The van der Waals surface area contributed by atoms with E-state index in [1.165, 1.54) is 11.6 Å². The van der Waals surface area contributed by atoms with Crippen molar-refractivity contribution >= 4 is 33.0 Å². The van der Waals surface area contributed by atoms with Crippen LogP contribution in [0.5, 0.6) is 0 Å². The van der Waals surface area contributed by atoms with E-state index in [0.717, 1.165) is 15.9 Å². The summed E-state index contributed by atoms with van der Waals surface area (Å²) in [4.78, 5) is 2.11. The van der Waals surface area contributed by atoms with E-state index in [9.17, 15) is 4.39 Å². The van der Waals surface area contributed by atoms with Crippen LogP contribution in [0.2, 0.25) is 0 Å². The van der Waals surface area contributed by atoms with Gasteiger partial charge < -0.3 is 5.73 Å². The average molecular weight is 329 g/mol. The minimum absolute atomic E-state index is 0.246. The van der Waals surface area contributed by atoms with Gasteiger partial charge in [-0.25, -0.2) is 4.39 Å². The molecule has 18 heavy (non-hydrogen) atoms. The predicted molar refractivity (Wildman–Crippen MR) is 78.0 cm³/mol. The summed E-state index contributed by atoms with van der Waals surface area (Å²) in [5, 5.41) is 2.11. The number of hydrogen-bond acceptors (Lipinski definition) is 3. The molecule has 0 aliphatic rings. The summed E-state index contributed by atoms with van der Waals surface area (Å²) >= 11 is 5.10. The molecule has 0 saturated heterocycles. The number of anilines is 1. The van der Waals surface area contributed by atoms with Crippen molar-refractivity contribution in [2.75, 3.05) is 12.8 Å². The monoisotopic (exact) mass is 328 g/mol. The first-order chi connectivity index (χ1) is 8.56. The Morgan fingerprint density at radius 2 is 2.17 bits per heavy atom. The van der Waals surface area contributed by atoms with Crippen LogP contribution in [-0.4, -0.2) is 11.9 Å². The van der Waals surface area contributed by atoms with Crippen molar-refractivity contribution < 1.29 is 4.39 Å². The highest BCUT2D eigenvalue weighted by Gasteiger charge is 2.08. The summed E-state index contributed by atoms with van der Waals surface area (Å²) in [5.74, 6) is -0.348. The predicted octanol–water partition coefficient (Wildman–Crippen LogP) is 3.86. The van der Waals surface area contributed by atoms with Crippen LogP contribution < -0.4 is 5.73 Å². The number of benzene rings is 1.